The van der Waals surface area contributed by atoms with Gasteiger partial charge in [0.05, 0.1) is 0 Å². The number of cyclic esters (lactones) is 2. The number of thiocarbonyl (C=S) groups is 1. The number of rotatable bonds is 3. The Labute approximate surface area is 103 Å². The first-order valence-electron chi connectivity index (χ1n) is 5.04. The van der Waals surface area contributed by atoms with Crippen molar-refractivity contribution in [2.75, 3.05) is 0 Å². The van der Waals surface area contributed by atoms with Gasteiger partial charge in [-0.1, -0.05) is 13.8 Å². The summed E-state index contributed by atoms with van der Waals surface area (Å²) in [5.74, 6) is -2.90. The van der Waals surface area contributed by atoms with Gasteiger partial charge >= 0.3 is 11.9 Å². The van der Waals surface area contributed by atoms with E-state index in [1.54, 1.807) is 13.8 Å². The number of nitrogens with zero attached hydrogens (tertiary/aromatic N) is 1. The molecule has 0 unspecified atom stereocenters. The van der Waals surface area contributed by atoms with Crippen LogP contribution >= 0.6 is 12.2 Å². The summed E-state index contributed by atoms with van der Waals surface area (Å²) in [5.41, 5.74) is 6.75. The predicted molar refractivity (Wildman–Crippen MR) is 62.9 cm³/mol. The molecule has 1 heterocycles. The average Bonchev–Trinajstić information content (AvgIpc) is 2.27. The molecule has 1 fully saturated rings. The van der Waals surface area contributed by atoms with Crippen LogP contribution in [0.5, 0.6) is 0 Å². The monoisotopic (exact) mass is 259 g/mol. The molecule has 0 aromatic heterocycles. The fourth-order valence-corrected chi connectivity index (χ4v) is 1.33. The van der Waals surface area contributed by atoms with Crippen molar-refractivity contribution in [1.82, 2.24) is 5.43 Å². The number of hydrazone groups is 1. The van der Waals surface area contributed by atoms with Crippen LogP contribution in [0.25, 0.3) is 0 Å². The lowest BCUT2D eigenvalue weighted by Gasteiger charge is -2.34. The number of esters is 2. The molecule has 0 aliphatic carbocycles. The first-order valence-corrected chi connectivity index (χ1v) is 5.44. The second-order valence-corrected chi connectivity index (χ2v) is 3.77. The highest BCUT2D eigenvalue weighted by molar-refractivity contribution is 7.80. The van der Waals surface area contributed by atoms with Crippen molar-refractivity contribution >= 4 is 35.0 Å². The standard InChI is InChI=1S/C9H13N3O4S/c1-3-9(4-2)15-6(13)5(7(14)16-9)11-12-8(10)17/h3-4H2,1-2H3,(H3,10,12,17). The van der Waals surface area contributed by atoms with E-state index in [1.165, 1.54) is 0 Å². The maximum absolute atomic E-state index is 11.6. The zero-order valence-electron chi connectivity index (χ0n) is 9.48. The molecule has 0 amide bonds. The van der Waals surface area contributed by atoms with Crippen LogP contribution in [0.4, 0.5) is 0 Å². The van der Waals surface area contributed by atoms with E-state index in [0.717, 1.165) is 0 Å². The summed E-state index contributed by atoms with van der Waals surface area (Å²) in [7, 11) is 0. The van der Waals surface area contributed by atoms with Crippen molar-refractivity contribution in [1.29, 1.82) is 0 Å². The maximum Gasteiger partial charge on any atom is 0.369 e. The zero-order valence-corrected chi connectivity index (χ0v) is 10.3. The Balaban J connectivity index is 2.89. The quantitative estimate of drug-likeness (QED) is 0.410. The Hall–Kier alpha value is -1.70. The van der Waals surface area contributed by atoms with Gasteiger partial charge in [0.25, 0.3) is 11.5 Å². The Morgan fingerprint density at radius 3 is 2.18 bits per heavy atom. The second-order valence-electron chi connectivity index (χ2n) is 3.33. The summed E-state index contributed by atoms with van der Waals surface area (Å²) in [6.45, 7) is 3.50. The van der Waals surface area contributed by atoms with Crippen LogP contribution in [0.15, 0.2) is 5.10 Å². The molecule has 17 heavy (non-hydrogen) atoms. The van der Waals surface area contributed by atoms with Gasteiger partial charge in [0.1, 0.15) is 0 Å². The number of carbonyl (C=O) groups is 2. The summed E-state index contributed by atoms with van der Waals surface area (Å²) in [5, 5.41) is 3.26. The normalized spacial score (nSPS) is 18.1. The summed E-state index contributed by atoms with van der Waals surface area (Å²) in [4.78, 5) is 23.1. The van der Waals surface area contributed by atoms with Crippen LogP contribution in [0.3, 0.4) is 0 Å². The summed E-state index contributed by atoms with van der Waals surface area (Å²) < 4.78 is 10.1. The van der Waals surface area contributed by atoms with Crippen molar-refractivity contribution in [2.45, 2.75) is 32.5 Å². The van der Waals surface area contributed by atoms with E-state index in [1.807, 2.05) is 0 Å². The number of hydrogen-bond acceptors (Lipinski definition) is 6. The van der Waals surface area contributed by atoms with E-state index < -0.39 is 23.4 Å². The molecule has 0 radical (unpaired) electrons. The molecule has 1 rings (SSSR count). The van der Waals surface area contributed by atoms with Gasteiger partial charge < -0.3 is 15.2 Å². The fourth-order valence-electron chi connectivity index (χ4n) is 1.28. The minimum absolute atomic E-state index is 0.166. The molecular weight excluding hydrogens is 246 g/mol. The molecule has 1 aliphatic rings. The molecule has 0 bridgehead atoms. The van der Waals surface area contributed by atoms with Crippen molar-refractivity contribution in [3.05, 3.63) is 0 Å². The van der Waals surface area contributed by atoms with Crippen molar-refractivity contribution < 1.29 is 19.1 Å². The lowest BCUT2D eigenvalue weighted by Crippen LogP contribution is -2.50. The third-order valence-electron chi connectivity index (χ3n) is 2.30. The van der Waals surface area contributed by atoms with Crippen LogP contribution in [0.1, 0.15) is 26.7 Å². The van der Waals surface area contributed by atoms with Crippen molar-refractivity contribution in [2.24, 2.45) is 10.8 Å². The predicted octanol–water partition coefficient (Wildman–Crippen LogP) is -0.208. The van der Waals surface area contributed by atoms with Crippen molar-refractivity contribution in [3.8, 4) is 0 Å². The fraction of sp³-hybridized carbons (Fsp3) is 0.556. The molecular formula is C9H13N3O4S. The van der Waals surface area contributed by atoms with E-state index >= 15 is 0 Å². The van der Waals surface area contributed by atoms with Gasteiger partial charge in [-0.05, 0) is 12.2 Å². The third kappa shape index (κ3) is 2.90. The van der Waals surface area contributed by atoms with Gasteiger partial charge in [0, 0.05) is 12.8 Å². The molecule has 1 aliphatic heterocycles. The van der Waals surface area contributed by atoms with Gasteiger partial charge in [0.15, 0.2) is 5.11 Å². The third-order valence-corrected chi connectivity index (χ3v) is 2.39. The minimum Gasteiger partial charge on any atom is -0.418 e. The number of hydrogen-bond donors (Lipinski definition) is 2. The molecule has 1 saturated heterocycles. The number of ether oxygens (including phenoxy) is 2. The van der Waals surface area contributed by atoms with E-state index in [-0.39, 0.29) is 5.11 Å². The highest BCUT2D eigenvalue weighted by atomic mass is 32.1. The van der Waals surface area contributed by atoms with Crippen LogP contribution < -0.4 is 11.2 Å². The van der Waals surface area contributed by atoms with E-state index in [0.29, 0.717) is 12.8 Å². The molecule has 3 N–H and O–H groups in total. The molecule has 94 valence electrons. The highest BCUT2D eigenvalue weighted by Gasteiger charge is 2.44. The van der Waals surface area contributed by atoms with Gasteiger partial charge in [-0.3, -0.25) is 5.43 Å². The van der Waals surface area contributed by atoms with Crippen LogP contribution in [0.2, 0.25) is 0 Å². The van der Waals surface area contributed by atoms with Gasteiger partial charge in [-0.25, -0.2) is 9.59 Å². The van der Waals surface area contributed by atoms with E-state index in [2.05, 4.69) is 22.7 Å². The van der Waals surface area contributed by atoms with Crippen LogP contribution in [-0.4, -0.2) is 28.5 Å². The zero-order chi connectivity index (χ0) is 13.1. The SMILES string of the molecule is CCC1(CC)OC(=O)C(=NNC(N)=S)C(=O)O1. The van der Waals surface area contributed by atoms with Crippen LogP contribution in [0, 0.1) is 0 Å². The average molecular weight is 259 g/mol. The van der Waals surface area contributed by atoms with Crippen molar-refractivity contribution in [3.63, 3.8) is 0 Å². The number of nitrogens with two attached hydrogens (primary N) is 1. The summed E-state index contributed by atoms with van der Waals surface area (Å²) >= 11 is 4.49. The smallest absolute Gasteiger partial charge is 0.369 e. The topological polar surface area (TPSA) is 103 Å². The Morgan fingerprint density at radius 1 is 1.35 bits per heavy atom. The van der Waals surface area contributed by atoms with Gasteiger partial charge in [-0.15, -0.1) is 0 Å². The maximum atomic E-state index is 11.6. The van der Waals surface area contributed by atoms with E-state index in [4.69, 9.17) is 15.2 Å². The Morgan fingerprint density at radius 2 is 1.82 bits per heavy atom. The minimum atomic E-state index is -1.20. The van der Waals surface area contributed by atoms with Crippen LogP contribution in [-0.2, 0) is 19.1 Å². The van der Waals surface area contributed by atoms with Gasteiger partial charge in [0.2, 0.25) is 0 Å². The van der Waals surface area contributed by atoms with Gasteiger partial charge in [-0.2, -0.15) is 5.10 Å². The lowest BCUT2D eigenvalue weighted by molar-refractivity contribution is -0.230. The molecule has 8 heteroatoms. The Bertz CT molecular complexity index is 368. The van der Waals surface area contributed by atoms with E-state index in [9.17, 15) is 9.59 Å². The second kappa shape index (κ2) is 5.09. The lowest BCUT2D eigenvalue weighted by atomic mass is 10.1. The first-order chi connectivity index (χ1) is 7.94. The molecule has 7 nitrogen and oxygen atoms in total. The molecule has 0 aromatic carbocycles. The molecule has 0 saturated carbocycles. The highest BCUT2D eigenvalue weighted by Crippen LogP contribution is 2.26. The number of carbonyl (C=O) groups excluding carboxylic acids is 2. The summed E-state index contributed by atoms with van der Waals surface area (Å²) in [6.07, 6.45) is 0.744. The first kappa shape index (κ1) is 13.4. The molecule has 0 atom stereocenters. The molecule has 0 aromatic rings. The number of nitrogens with one attached hydrogen (secondary N) is 1. The summed E-state index contributed by atoms with van der Waals surface area (Å²) in [6, 6.07) is 0. The molecule has 0 spiro atoms. The Kier molecular flexibility index (Phi) is 4.00. The largest absolute Gasteiger partial charge is 0.418 e.